The number of hydrogen-bond acceptors (Lipinski definition) is 5. The molecule has 3 aromatic rings. The van der Waals surface area contributed by atoms with E-state index < -0.39 is 0 Å². The van der Waals surface area contributed by atoms with Crippen LogP contribution in [0.15, 0.2) is 42.5 Å². The Labute approximate surface area is 182 Å². The van der Waals surface area contributed by atoms with Crippen LogP contribution in [0.2, 0.25) is 0 Å². The summed E-state index contributed by atoms with van der Waals surface area (Å²) in [5.74, 6) is 0.868. The zero-order chi connectivity index (χ0) is 21.3. The van der Waals surface area contributed by atoms with Gasteiger partial charge in [-0.15, -0.1) is 0 Å². The van der Waals surface area contributed by atoms with Gasteiger partial charge in [-0.2, -0.15) is 0 Å². The van der Waals surface area contributed by atoms with E-state index in [1.807, 2.05) is 12.1 Å². The number of thiazole rings is 1. The first-order chi connectivity index (χ1) is 14.4. The molecule has 0 radical (unpaired) electrons. The fraction of sp³-hybridized carbons (Fsp3) is 0.417. The number of aryl methyl sites for hydroxylation is 1. The molecule has 1 aliphatic rings. The highest BCUT2D eigenvalue weighted by Gasteiger charge is 2.31. The Balaban J connectivity index is 1.39. The molecule has 1 saturated heterocycles. The summed E-state index contributed by atoms with van der Waals surface area (Å²) in [7, 11) is 0. The number of hydrogen-bond donors (Lipinski definition) is 1. The summed E-state index contributed by atoms with van der Waals surface area (Å²) in [6, 6.07) is 15.6. The van der Waals surface area contributed by atoms with Crippen molar-refractivity contribution in [1.29, 1.82) is 0 Å². The Morgan fingerprint density at radius 2 is 1.87 bits per heavy atom. The van der Waals surface area contributed by atoms with Crippen molar-refractivity contribution in [3.8, 4) is 10.9 Å². The lowest BCUT2D eigenvalue weighted by Crippen LogP contribution is -2.52. The molecule has 5 nitrogen and oxygen atoms in total. The van der Waals surface area contributed by atoms with Crippen LogP contribution in [0.3, 0.4) is 0 Å². The molecule has 3 atom stereocenters. The van der Waals surface area contributed by atoms with E-state index in [9.17, 15) is 4.79 Å². The molecule has 6 heteroatoms. The molecule has 0 bridgehead atoms. The maximum absolute atomic E-state index is 11.4. The Hall–Kier alpha value is -2.44. The molecule has 30 heavy (non-hydrogen) atoms. The molecular formula is C24H29N3O2S. The van der Waals surface area contributed by atoms with Crippen molar-refractivity contribution in [2.45, 2.75) is 65.2 Å². The standard InChI is InChI=1S/C24H29N3O2S/c1-15-6-5-7-22-23(15)26-24(30-22)29-21-10-8-19(9-11-21)14-27-16(2)12-20(13-17(27)3)25-18(4)28/h5-11,16-17,20H,12-14H2,1-4H3,(H,25,28)/t16-,17?,20?/m0/s1. The summed E-state index contributed by atoms with van der Waals surface area (Å²) in [5.41, 5.74) is 3.44. The number of amides is 1. The smallest absolute Gasteiger partial charge is 0.279 e. The van der Waals surface area contributed by atoms with Crippen LogP contribution in [0.4, 0.5) is 0 Å². The fourth-order valence-electron chi connectivity index (χ4n) is 4.43. The van der Waals surface area contributed by atoms with Gasteiger partial charge in [0.1, 0.15) is 5.75 Å². The van der Waals surface area contributed by atoms with Crippen molar-refractivity contribution in [2.24, 2.45) is 0 Å². The van der Waals surface area contributed by atoms with E-state index in [4.69, 9.17) is 4.74 Å². The molecule has 1 aliphatic heterocycles. The number of likely N-dealkylation sites (tertiary alicyclic amines) is 1. The summed E-state index contributed by atoms with van der Waals surface area (Å²) in [5, 5.41) is 3.76. The summed E-state index contributed by atoms with van der Waals surface area (Å²) in [6.07, 6.45) is 1.98. The second-order valence-electron chi connectivity index (χ2n) is 8.39. The first kappa shape index (κ1) is 20.8. The number of carbonyl (C=O) groups excluding carboxylic acids is 1. The number of benzene rings is 2. The van der Waals surface area contributed by atoms with E-state index >= 15 is 0 Å². The number of nitrogens with one attached hydrogen (secondary N) is 1. The number of piperidine rings is 1. The maximum Gasteiger partial charge on any atom is 0.279 e. The summed E-state index contributed by atoms with van der Waals surface area (Å²) in [6.45, 7) is 9.06. The van der Waals surface area contributed by atoms with Gasteiger partial charge in [0.15, 0.2) is 0 Å². The van der Waals surface area contributed by atoms with Crippen LogP contribution >= 0.6 is 11.3 Å². The summed E-state index contributed by atoms with van der Waals surface area (Å²) < 4.78 is 7.16. The van der Waals surface area contributed by atoms with Crippen molar-refractivity contribution in [3.05, 3.63) is 53.6 Å². The zero-order valence-corrected chi connectivity index (χ0v) is 18.8. The molecule has 1 fully saturated rings. The van der Waals surface area contributed by atoms with Crippen LogP contribution in [-0.4, -0.2) is 33.9 Å². The normalized spacial score (nSPS) is 22.2. The number of ether oxygens (including phenoxy) is 1. The minimum Gasteiger partial charge on any atom is -0.431 e. The Morgan fingerprint density at radius 1 is 1.17 bits per heavy atom. The minimum atomic E-state index is 0.0618. The van der Waals surface area contributed by atoms with Crippen LogP contribution in [-0.2, 0) is 11.3 Å². The predicted molar refractivity (Wildman–Crippen MR) is 122 cm³/mol. The third-order valence-electron chi connectivity index (χ3n) is 5.89. The van der Waals surface area contributed by atoms with E-state index in [0.717, 1.165) is 35.4 Å². The molecule has 0 spiro atoms. The molecular weight excluding hydrogens is 394 g/mol. The Kier molecular flexibility index (Phi) is 6.06. The molecule has 1 N–H and O–H groups in total. The van der Waals surface area contributed by atoms with Crippen molar-refractivity contribution in [1.82, 2.24) is 15.2 Å². The van der Waals surface area contributed by atoms with Gasteiger partial charge in [-0.05, 0) is 62.9 Å². The molecule has 2 unspecified atom stereocenters. The molecule has 2 heterocycles. The van der Waals surface area contributed by atoms with Crippen molar-refractivity contribution in [2.75, 3.05) is 0 Å². The SMILES string of the molecule is CC(=O)NC1CC(C)N(Cc2ccc(Oc3nc4c(C)cccc4s3)cc2)[C@@H](C)C1. The van der Waals surface area contributed by atoms with E-state index in [1.54, 1.807) is 18.3 Å². The van der Waals surface area contributed by atoms with Gasteiger partial charge in [-0.25, -0.2) is 4.98 Å². The van der Waals surface area contributed by atoms with Gasteiger partial charge in [0, 0.05) is 31.6 Å². The van der Waals surface area contributed by atoms with E-state index in [1.165, 1.54) is 11.1 Å². The Morgan fingerprint density at radius 3 is 2.50 bits per heavy atom. The van der Waals surface area contributed by atoms with E-state index in [2.05, 4.69) is 66.3 Å². The second-order valence-corrected chi connectivity index (χ2v) is 9.38. The van der Waals surface area contributed by atoms with Gasteiger partial charge in [0.25, 0.3) is 5.19 Å². The molecule has 0 aliphatic carbocycles. The predicted octanol–water partition coefficient (Wildman–Crippen LogP) is 5.27. The van der Waals surface area contributed by atoms with Gasteiger partial charge in [-0.3, -0.25) is 9.69 Å². The molecule has 1 aromatic heterocycles. The number of fused-ring (bicyclic) bond motifs is 1. The molecule has 0 saturated carbocycles. The van der Waals surface area contributed by atoms with Gasteiger partial charge in [0.05, 0.1) is 10.2 Å². The summed E-state index contributed by atoms with van der Waals surface area (Å²) in [4.78, 5) is 18.5. The van der Waals surface area contributed by atoms with Crippen LogP contribution in [0.25, 0.3) is 10.2 Å². The third kappa shape index (κ3) is 4.65. The average molecular weight is 424 g/mol. The highest BCUT2D eigenvalue weighted by molar-refractivity contribution is 7.20. The van der Waals surface area contributed by atoms with Crippen LogP contribution in [0.1, 0.15) is 44.7 Å². The van der Waals surface area contributed by atoms with Gasteiger partial charge in [-0.1, -0.05) is 35.6 Å². The van der Waals surface area contributed by atoms with Crippen LogP contribution in [0.5, 0.6) is 10.9 Å². The van der Waals surface area contributed by atoms with Gasteiger partial charge in [0.2, 0.25) is 5.91 Å². The average Bonchev–Trinajstić information content (AvgIpc) is 3.09. The van der Waals surface area contributed by atoms with E-state index in [-0.39, 0.29) is 11.9 Å². The first-order valence-corrected chi connectivity index (χ1v) is 11.4. The lowest BCUT2D eigenvalue weighted by atomic mass is 9.92. The van der Waals surface area contributed by atoms with Crippen molar-refractivity contribution >= 4 is 27.5 Å². The quantitative estimate of drug-likeness (QED) is 0.607. The first-order valence-electron chi connectivity index (χ1n) is 10.5. The topological polar surface area (TPSA) is 54.5 Å². The van der Waals surface area contributed by atoms with Crippen molar-refractivity contribution in [3.63, 3.8) is 0 Å². The highest BCUT2D eigenvalue weighted by atomic mass is 32.1. The van der Waals surface area contributed by atoms with E-state index in [0.29, 0.717) is 17.3 Å². The highest BCUT2D eigenvalue weighted by Crippen LogP contribution is 2.33. The van der Waals surface area contributed by atoms with Gasteiger partial charge < -0.3 is 10.1 Å². The minimum absolute atomic E-state index is 0.0618. The molecule has 4 rings (SSSR count). The Bertz CT molecular complexity index is 1020. The van der Waals surface area contributed by atoms with Crippen LogP contribution < -0.4 is 10.1 Å². The fourth-order valence-corrected chi connectivity index (χ4v) is 5.34. The molecule has 158 valence electrons. The number of para-hydroxylation sites is 1. The van der Waals surface area contributed by atoms with Gasteiger partial charge >= 0.3 is 0 Å². The largest absolute Gasteiger partial charge is 0.431 e. The number of aromatic nitrogens is 1. The second kappa shape index (κ2) is 8.74. The summed E-state index contributed by atoms with van der Waals surface area (Å²) >= 11 is 1.57. The monoisotopic (exact) mass is 423 g/mol. The van der Waals surface area contributed by atoms with Crippen molar-refractivity contribution < 1.29 is 9.53 Å². The zero-order valence-electron chi connectivity index (χ0n) is 18.0. The molecule has 1 amide bonds. The van der Waals surface area contributed by atoms with Crippen LogP contribution in [0, 0.1) is 6.92 Å². The maximum atomic E-state index is 11.4. The number of rotatable bonds is 5. The molecule has 2 aromatic carbocycles. The lowest BCUT2D eigenvalue weighted by Gasteiger charge is -2.42. The third-order valence-corrected chi connectivity index (χ3v) is 6.78. The number of nitrogens with zero attached hydrogens (tertiary/aromatic N) is 2. The lowest BCUT2D eigenvalue weighted by molar-refractivity contribution is -0.120. The number of carbonyl (C=O) groups is 1.